The van der Waals surface area contributed by atoms with E-state index in [2.05, 4.69) is 62.4 Å². The summed E-state index contributed by atoms with van der Waals surface area (Å²) < 4.78 is 18.1. The van der Waals surface area contributed by atoms with Gasteiger partial charge in [-0.3, -0.25) is 0 Å². The molecule has 0 saturated carbocycles. The van der Waals surface area contributed by atoms with Gasteiger partial charge in [0, 0.05) is 9.84 Å². The molecule has 6 heteroatoms. The van der Waals surface area contributed by atoms with Crippen molar-refractivity contribution in [2.24, 2.45) is 0 Å². The second kappa shape index (κ2) is 12.5. The molecule has 0 amide bonds. The summed E-state index contributed by atoms with van der Waals surface area (Å²) in [6, 6.07) is 22.3. The Morgan fingerprint density at radius 2 is 1.10 bits per heavy atom. The summed E-state index contributed by atoms with van der Waals surface area (Å²) in [6.45, 7) is 14.2. The predicted molar refractivity (Wildman–Crippen MR) is 164 cm³/mol. The van der Waals surface area contributed by atoms with Crippen molar-refractivity contribution < 1.29 is 23.8 Å². The number of hydrogen-bond donors (Lipinski definition) is 0. The van der Waals surface area contributed by atoms with E-state index >= 15 is 0 Å². The minimum absolute atomic E-state index is 0.212. The average molecular weight is 643 g/mol. The van der Waals surface area contributed by atoms with Gasteiger partial charge in [-0.2, -0.15) is 0 Å². The van der Waals surface area contributed by atoms with E-state index in [-0.39, 0.29) is 11.0 Å². The van der Waals surface area contributed by atoms with Crippen molar-refractivity contribution >= 4 is 34.5 Å². The van der Waals surface area contributed by atoms with Crippen LogP contribution in [-0.2, 0) is 10.2 Å². The van der Waals surface area contributed by atoms with E-state index in [0.29, 0.717) is 23.3 Å². The van der Waals surface area contributed by atoms with Gasteiger partial charge in [0.2, 0.25) is 0 Å². The molecular weight excluding hydrogens is 603 g/mol. The first-order valence-electron chi connectivity index (χ1n) is 13.3. The molecule has 0 fully saturated rings. The minimum Gasteiger partial charge on any atom is -0.487 e. The summed E-state index contributed by atoms with van der Waals surface area (Å²) in [7, 11) is 0. The molecule has 0 aliphatic heterocycles. The monoisotopic (exact) mass is 642 g/mol. The van der Waals surface area contributed by atoms with Gasteiger partial charge in [0.1, 0.15) is 22.7 Å². The predicted octanol–water partition coefficient (Wildman–Crippen LogP) is 8.56. The Kier molecular flexibility index (Phi) is 9.86. The van der Waals surface area contributed by atoms with E-state index in [4.69, 9.17) is 14.2 Å². The van der Waals surface area contributed by atoms with Gasteiger partial charge in [-0.15, -0.1) is 0 Å². The molecule has 3 rings (SSSR count). The minimum atomic E-state index is -0.543. The maximum atomic E-state index is 12.7. The number of hydrogen-bond acceptors (Lipinski definition) is 5. The van der Waals surface area contributed by atoms with Crippen molar-refractivity contribution in [1.82, 2.24) is 0 Å². The summed E-state index contributed by atoms with van der Waals surface area (Å²) in [5.74, 6) is 0.416. The van der Waals surface area contributed by atoms with E-state index in [1.165, 1.54) is 5.56 Å². The summed E-state index contributed by atoms with van der Waals surface area (Å²) in [6.07, 6.45) is 1.60. The first kappa shape index (κ1) is 30.7. The van der Waals surface area contributed by atoms with Crippen molar-refractivity contribution in [3.63, 3.8) is 0 Å². The molecule has 5 nitrogen and oxygen atoms in total. The van der Waals surface area contributed by atoms with Crippen LogP contribution >= 0.6 is 22.6 Å². The topological polar surface area (TPSA) is 61.8 Å². The molecule has 208 valence electrons. The highest BCUT2D eigenvalue weighted by Gasteiger charge is 2.28. The van der Waals surface area contributed by atoms with E-state index in [9.17, 15) is 9.59 Å². The fourth-order valence-corrected chi connectivity index (χ4v) is 4.15. The molecule has 0 aromatic heterocycles. The molecule has 0 N–H and O–H groups in total. The van der Waals surface area contributed by atoms with Gasteiger partial charge >= 0.3 is 11.9 Å². The van der Waals surface area contributed by atoms with Gasteiger partial charge < -0.3 is 14.2 Å². The average Bonchev–Trinajstić information content (AvgIpc) is 2.93. The maximum Gasteiger partial charge on any atom is 0.343 e. The third-order valence-electron chi connectivity index (χ3n) is 7.19. The lowest BCUT2D eigenvalue weighted by atomic mass is 9.74. The number of esters is 2. The normalized spacial score (nSPS) is 13.3. The lowest BCUT2D eigenvalue weighted by Gasteiger charge is -2.30. The van der Waals surface area contributed by atoms with Gasteiger partial charge in [0.05, 0.1) is 11.1 Å². The lowest BCUT2D eigenvalue weighted by Crippen LogP contribution is -2.29. The zero-order chi connectivity index (χ0) is 28.8. The van der Waals surface area contributed by atoms with Crippen LogP contribution in [0.2, 0.25) is 0 Å². The Morgan fingerprint density at radius 3 is 1.54 bits per heavy atom. The highest BCUT2D eigenvalue weighted by Crippen LogP contribution is 2.37. The second-order valence-corrected chi connectivity index (χ2v) is 12.0. The Hall–Kier alpha value is -2.87. The van der Waals surface area contributed by atoms with Crippen LogP contribution in [0.1, 0.15) is 93.2 Å². The molecule has 0 spiro atoms. The van der Waals surface area contributed by atoms with Gasteiger partial charge in [0.25, 0.3) is 0 Å². The molecule has 3 aromatic carbocycles. The van der Waals surface area contributed by atoms with Crippen LogP contribution in [0.15, 0.2) is 72.8 Å². The number of alkyl halides is 1. The molecule has 0 bridgehead atoms. The molecule has 0 saturated heterocycles. The van der Waals surface area contributed by atoms with Crippen LogP contribution in [0.5, 0.6) is 11.5 Å². The number of carbonyl (C=O) groups is 2. The molecule has 1 atom stereocenters. The highest BCUT2D eigenvalue weighted by molar-refractivity contribution is 14.1. The van der Waals surface area contributed by atoms with Crippen LogP contribution in [0, 0.1) is 0 Å². The highest BCUT2D eigenvalue weighted by atomic mass is 127. The second-order valence-electron chi connectivity index (χ2n) is 11.2. The van der Waals surface area contributed by atoms with Crippen molar-refractivity contribution in [2.45, 2.75) is 77.9 Å². The summed E-state index contributed by atoms with van der Waals surface area (Å²) >= 11 is 2.34. The van der Waals surface area contributed by atoms with Crippen LogP contribution < -0.4 is 9.47 Å². The molecule has 1 unspecified atom stereocenters. The zero-order valence-corrected chi connectivity index (χ0v) is 26.1. The van der Waals surface area contributed by atoms with E-state index < -0.39 is 17.5 Å². The molecule has 3 aromatic rings. The molecular formula is C33H39IO5. The summed E-state index contributed by atoms with van der Waals surface area (Å²) in [4.78, 5) is 25.1. The summed E-state index contributed by atoms with van der Waals surface area (Å²) in [5.41, 5.74) is 2.10. The maximum absolute atomic E-state index is 12.7. The van der Waals surface area contributed by atoms with Crippen molar-refractivity contribution in [2.75, 3.05) is 4.43 Å². The van der Waals surface area contributed by atoms with Gasteiger partial charge in [-0.25, -0.2) is 9.59 Å². The Morgan fingerprint density at radius 1 is 0.641 bits per heavy atom. The number of rotatable bonds is 11. The molecule has 0 aliphatic carbocycles. The largest absolute Gasteiger partial charge is 0.487 e. The SMILES string of the molecule is CCC(C)(C)OC(=O)c1ccc(C(=O)Oc2ccc(C(C)(CC)c3ccc(OC(C)(C)CI)cc3)cc2)cc1. The third kappa shape index (κ3) is 7.84. The number of benzene rings is 3. The molecule has 39 heavy (non-hydrogen) atoms. The Bertz CT molecular complexity index is 1260. The Balaban J connectivity index is 1.69. The number of halogens is 1. The van der Waals surface area contributed by atoms with Crippen LogP contribution in [0.3, 0.4) is 0 Å². The first-order chi connectivity index (χ1) is 18.3. The van der Waals surface area contributed by atoms with Gasteiger partial charge in [-0.1, -0.05) is 67.6 Å². The van der Waals surface area contributed by atoms with Crippen LogP contribution in [0.4, 0.5) is 0 Å². The molecule has 0 aliphatic rings. The number of carbonyl (C=O) groups excluding carboxylic acids is 2. The van der Waals surface area contributed by atoms with Crippen LogP contribution in [-0.4, -0.2) is 27.6 Å². The quantitative estimate of drug-likeness (QED) is 0.0908. The van der Waals surface area contributed by atoms with Crippen molar-refractivity contribution in [3.8, 4) is 11.5 Å². The Labute approximate surface area is 246 Å². The molecule has 0 radical (unpaired) electrons. The first-order valence-corrected chi connectivity index (χ1v) is 14.9. The van der Waals surface area contributed by atoms with E-state index in [1.54, 1.807) is 24.3 Å². The number of ether oxygens (including phenoxy) is 3. The summed E-state index contributed by atoms with van der Waals surface area (Å²) in [5, 5.41) is 0. The van der Waals surface area contributed by atoms with Crippen molar-refractivity contribution in [1.29, 1.82) is 0 Å². The van der Waals surface area contributed by atoms with Crippen molar-refractivity contribution in [3.05, 3.63) is 95.1 Å². The smallest absolute Gasteiger partial charge is 0.343 e. The van der Waals surface area contributed by atoms with Crippen LogP contribution in [0.25, 0.3) is 0 Å². The van der Waals surface area contributed by atoms with Gasteiger partial charge in [-0.05, 0) is 100 Å². The van der Waals surface area contributed by atoms with E-state index in [0.717, 1.165) is 22.2 Å². The fourth-order valence-electron chi connectivity index (χ4n) is 3.99. The fraction of sp³-hybridized carbons (Fsp3) is 0.394. The third-order valence-corrected chi connectivity index (χ3v) is 9.03. The molecule has 0 heterocycles. The zero-order valence-electron chi connectivity index (χ0n) is 24.0. The lowest BCUT2D eigenvalue weighted by molar-refractivity contribution is -0.00246. The van der Waals surface area contributed by atoms with Gasteiger partial charge in [0.15, 0.2) is 0 Å². The standard InChI is InChI=1S/C33H39IO5/c1-8-31(3,4)39-30(36)24-12-10-23(11-13-24)29(35)37-27-18-14-25(15-19-27)33(7,9-2)26-16-20-28(21-17-26)38-32(5,6)22-34/h10-21H,8-9,22H2,1-7H3. The van der Waals surface area contributed by atoms with E-state index in [1.807, 2.05) is 57.2 Å².